The lowest BCUT2D eigenvalue weighted by molar-refractivity contribution is 0.0948. The molecule has 0 unspecified atom stereocenters. The predicted molar refractivity (Wildman–Crippen MR) is 111 cm³/mol. The summed E-state index contributed by atoms with van der Waals surface area (Å²) < 4.78 is 13.3. The van der Waals surface area contributed by atoms with Crippen molar-refractivity contribution in [3.63, 3.8) is 0 Å². The van der Waals surface area contributed by atoms with E-state index in [0.717, 1.165) is 28.8 Å². The molecule has 4 nitrogen and oxygen atoms in total. The van der Waals surface area contributed by atoms with Gasteiger partial charge in [0, 0.05) is 29.9 Å². The van der Waals surface area contributed by atoms with Crippen LogP contribution in [-0.4, -0.2) is 18.4 Å². The molecule has 3 aromatic rings. The molecule has 29 heavy (non-hydrogen) atoms. The minimum atomic E-state index is -0.444. The normalized spacial score (nSPS) is 12.6. The summed E-state index contributed by atoms with van der Waals surface area (Å²) in [5.74, 6) is -0.803. The van der Waals surface area contributed by atoms with Crippen molar-refractivity contribution in [2.24, 2.45) is 0 Å². The van der Waals surface area contributed by atoms with Crippen LogP contribution in [0.3, 0.4) is 0 Å². The highest BCUT2D eigenvalue weighted by atomic mass is 19.1. The van der Waals surface area contributed by atoms with Gasteiger partial charge < -0.3 is 10.2 Å². The molecule has 1 aliphatic rings. The quantitative estimate of drug-likeness (QED) is 0.726. The zero-order valence-corrected chi connectivity index (χ0v) is 16.1. The van der Waals surface area contributed by atoms with Gasteiger partial charge in [0.15, 0.2) is 0 Å². The summed E-state index contributed by atoms with van der Waals surface area (Å²) >= 11 is 0. The second-order valence-corrected chi connectivity index (χ2v) is 7.23. The van der Waals surface area contributed by atoms with Gasteiger partial charge in [0.25, 0.3) is 11.8 Å². The molecule has 2 amide bonds. The fraction of sp³-hybridized carbons (Fsp3) is 0.167. The summed E-state index contributed by atoms with van der Waals surface area (Å²) in [7, 11) is 0. The maximum absolute atomic E-state index is 13.3. The van der Waals surface area contributed by atoms with Crippen molar-refractivity contribution in [2.75, 3.05) is 11.4 Å². The van der Waals surface area contributed by atoms with E-state index in [4.69, 9.17) is 0 Å². The summed E-state index contributed by atoms with van der Waals surface area (Å²) in [6, 6.07) is 19.0. The van der Waals surface area contributed by atoms with E-state index in [9.17, 15) is 14.0 Å². The fourth-order valence-electron chi connectivity index (χ4n) is 3.51. The van der Waals surface area contributed by atoms with Gasteiger partial charge in [0.05, 0.1) is 0 Å². The second-order valence-electron chi connectivity index (χ2n) is 7.23. The molecule has 3 aromatic carbocycles. The largest absolute Gasteiger partial charge is 0.348 e. The van der Waals surface area contributed by atoms with Gasteiger partial charge in [-0.15, -0.1) is 0 Å². The lowest BCUT2D eigenvalue weighted by atomic mass is 10.1. The van der Waals surface area contributed by atoms with Crippen molar-refractivity contribution < 1.29 is 14.0 Å². The average Bonchev–Trinajstić information content (AvgIpc) is 3.15. The lowest BCUT2D eigenvalue weighted by Gasteiger charge is -2.18. The minimum absolute atomic E-state index is 0.0234. The Bertz CT molecular complexity index is 1080. The first kappa shape index (κ1) is 18.9. The van der Waals surface area contributed by atoms with Gasteiger partial charge in [-0.2, -0.15) is 0 Å². The molecule has 0 atom stereocenters. The van der Waals surface area contributed by atoms with Gasteiger partial charge in [-0.05, 0) is 60.9 Å². The van der Waals surface area contributed by atoms with Crippen molar-refractivity contribution >= 4 is 17.5 Å². The summed E-state index contributed by atoms with van der Waals surface area (Å²) in [4.78, 5) is 27.0. The maximum Gasteiger partial charge on any atom is 0.258 e. The number of carbonyl (C=O) groups excluding carboxylic acids is 2. The molecule has 0 fully saturated rings. The predicted octanol–water partition coefficient (Wildman–Crippen LogP) is 4.27. The Kier molecular flexibility index (Phi) is 5.12. The molecule has 5 heteroatoms. The number of nitrogens with one attached hydrogen (secondary N) is 1. The molecule has 0 radical (unpaired) electrons. The number of benzene rings is 3. The molecule has 0 bridgehead atoms. The molecular weight excluding hydrogens is 367 g/mol. The number of aryl methyl sites for hydroxylation is 1. The van der Waals surface area contributed by atoms with E-state index in [1.807, 2.05) is 49.4 Å². The summed E-state index contributed by atoms with van der Waals surface area (Å²) in [6.45, 7) is 2.93. The van der Waals surface area contributed by atoms with Crippen molar-refractivity contribution in [1.82, 2.24) is 5.32 Å². The van der Waals surface area contributed by atoms with E-state index in [0.29, 0.717) is 18.7 Å². The van der Waals surface area contributed by atoms with Gasteiger partial charge in [-0.3, -0.25) is 9.59 Å². The monoisotopic (exact) mass is 388 g/mol. The zero-order chi connectivity index (χ0) is 20.4. The first-order valence-electron chi connectivity index (χ1n) is 9.55. The van der Waals surface area contributed by atoms with E-state index in [1.54, 1.807) is 11.0 Å². The zero-order valence-electron chi connectivity index (χ0n) is 16.1. The SMILES string of the molecule is Cc1ccc(C(=O)N2CCc3ccc(CNC(=O)c4cccc(F)c4)cc32)cc1. The highest BCUT2D eigenvalue weighted by Crippen LogP contribution is 2.30. The molecule has 0 spiro atoms. The number of hydrogen-bond donors (Lipinski definition) is 1. The summed E-state index contributed by atoms with van der Waals surface area (Å²) in [5.41, 5.74) is 4.94. The van der Waals surface area contributed by atoms with Crippen LogP contribution in [0, 0.1) is 12.7 Å². The van der Waals surface area contributed by atoms with Gasteiger partial charge >= 0.3 is 0 Å². The smallest absolute Gasteiger partial charge is 0.258 e. The number of halogens is 1. The third-order valence-electron chi connectivity index (χ3n) is 5.13. The van der Waals surface area contributed by atoms with Crippen molar-refractivity contribution in [3.8, 4) is 0 Å². The number of carbonyl (C=O) groups is 2. The molecule has 0 saturated heterocycles. The van der Waals surface area contributed by atoms with Crippen molar-refractivity contribution in [3.05, 3.63) is 100 Å². The van der Waals surface area contributed by atoms with Crippen LogP contribution in [0.25, 0.3) is 0 Å². The average molecular weight is 388 g/mol. The van der Waals surface area contributed by atoms with Crippen LogP contribution in [0.5, 0.6) is 0 Å². The molecule has 146 valence electrons. The number of amides is 2. The first-order valence-corrected chi connectivity index (χ1v) is 9.55. The topological polar surface area (TPSA) is 49.4 Å². The molecule has 0 aromatic heterocycles. The van der Waals surface area contributed by atoms with E-state index >= 15 is 0 Å². The molecule has 0 saturated carbocycles. The highest BCUT2D eigenvalue weighted by Gasteiger charge is 2.25. The number of hydrogen-bond acceptors (Lipinski definition) is 2. The van der Waals surface area contributed by atoms with E-state index < -0.39 is 5.82 Å². The van der Waals surface area contributed by atoms with Gasteiger partial charge in [0.1, 0.15) is 5.82 Å². The molecule has 1 N–H and O–H groups in total. The van der Waals surface area contributed by atoms with Gasteiger partial charge in [-0.1, -0.05) is 35.9 Å². The van der Waals surface area contributed by atoms with Crippen LogP contribution in [0.2, 0.25) is 0 Å². The summed E-state index contributed by atoms with van der Waals surface area (Å²) in [6.07, 6.45) is 0.808. The Hall–Kier alpha value is -3.47. The van der Waals surface area contributed by atoms with E-state index in [1.165, 1.54) is 18.2 Å². The lowest BCUT2D eigenvalue weighted by Crippen LogP contribution is -2.29. The Labute approximate surface area is 169 Å². The highest BCUT2D eigenvalue weighted by molar-refractivity contribution is 6.07. The van der Waals surface area contributed by atoms with Gasteiger partial charge in [0.2, 0.25) is 0 Å². The molecular formula is C24H21FN2O2. The van der Waals surface area contributed by atoms with Crippen molar-refractivity contribution in [2.45, 2.75) is 19.9 Å². The number of anilines is 1. The fourth-order valence-corrected chi connectivity index (χ4v) is 3.51. The van der Waals surface area contributed by atoms with Crippen LogP contribution in [-0.2, 0) is 13.0 Å². The third-order valence-corrected chi connectivity index (χ3v) is 5.13. The Morgan fingerprint density at radius 1 is 1.00 bits per heavy atom. The van der Waals surface area contributed by atoms with Gasteiger partial charge in [-0.25, -0.2) is 4.39 Å². The Morgan fingerprint density at radius 3 is 2.55 bits per heavy atom. The van der Waals surface area contributed by atoms with Crippen LogP contribution in [0.1, 0.15) is 37.4 Å². The number of nitrogens with zero attached hydrogens (tertiary/aromatic N) is 1. The standard InChI is InChI=1S/C24H21FN2O2/c1-16-5-8-19(9-6-16)24(29)27-12-11-18-10-7-17(13-22(18)27)15-26-23(28)20-3-2-4-21(25)14-20/h2-10,13-14H,11-12,15H2,1H3,(H,26,28). The molecule has 0 aliphatic carbocycles. The number of fused-ring (bicyclic) bond motifs is 1. The van der Waals surface area contributed by atoms with E-state index in [2.05, 4.69) is 5.32 Å². The van der Waals surface area contributed by atoms with E-state index in [-0.39, 0.29) is 17.4 Å². The maximum atomic E-state index is 13.3. The summed E-state index contributed by atoms with van der Waals surface area (Å²) in [5, 5.41) is 2.81. The second kappa shape index (κ2) is 7.87. The first-order chi connectivity index (χ1) is 14.0. The molecule has 1 heterocycles. The van der Waals surface area contributed by atoms with Crippen LogP contribution in [0.4, 0.5) is 10.1 Å². The molecule has 4 rings (SSSR count). The number of rotatable bonds is 4. The Morgan fingerprint density at radius 2 is 1.79 bits per heavy atom. The van der Waals surface area contributed by atoms with Crippen LogP contribution < -0.4 is 10.2 Å². The van der Waals surface area contributed by atoms with Crippen molar-refractivity contribution in [1.29, 1.82) is 0 Å². The molecule has 1 aliphatic heterocycles. The third kappa shape index (κ3) is 4.04. The Balaban J connectivity index is 1.49. The minimum Gasteiger partial charge on any atom is -0.348 e. The van der Waals surface area contributed by atoms with Crippen LogP contribution >= 0.6 is 0 Å². The van der Waals surface area contributed by atoms with Crippen LogP contribution in [0.15, 0.2) is 66.7 Å².